The van der Waals surface area contributed by atoms with Gasteiger partial charge in [0.05, 0.1) is 19.6 Å². The lowest BCUT2D eigenvalue weighted by Crippen LogP contribution is -2.53. The second-order valence-corrected chi connectivity index (χ2v) is 5.96. The predicted octanol–water partition coefficient (Wildman–Crippen LogP) is 3.70. The van der Waals surface area contributed by atoms with Gasteiger partial charge in [0.1, 0.15) is 6.54 Å². The molecule has 0 aliphatic heterocycles. The molecule has 1 nitrogen and oxygen atoms in total. The lowest BCUT2D eigenvalue weighted by Gasteiger charge is -2.42. The van der Waals surface area contributed by atoms with Crippen LogP contribution in [0.1, 0.15) is 31.9 Å². The summed E-state index contributed by atoms with van der Waals surface area (Å²) in [5, 5.41) is 0. The predicted molar refractivity (Wildman–Crippen MR) is 72.1 cm³/mol. The molecule has 0 radical (unpaired) electrons. The van der Waals surface area contributed by atoms with Crippen LogP contribution in [0.25, 0.3) is 6.08 Å². The van der Waals surface area contributed by atoms with E-state index in [2.05, 4.69) is 65.7 Å². The minimum atomic E-state index is 0.261. The summed E-state index contributed by atoms with van der Waals surface area (Å²) in [5.74, 6) is 0. The summed E-state index contributed by atoms with van der Waals surface area (Å²) in [5.41, 5.74) is 2.83. The van der Waals surface area contributed by atoms with Crippen molar-refractivity contribution in [2.45, 2.75) is 32.9 Å². The second-order valence-electron chi connectivity index (χ2n) is 5.96. The van der Waals surface area contributed by atoms with E-state index in [1.54, 1.807) is 0 Å². The molecule has 0 bridgehead atoms. The molecule has 0 aliphatic rings. The van der Waals surface area contributed by atoms with E-state index >= 15 is 0 Å². The molecular formula is C15H24N+. The van der Waals surface area contributed by atoms with Gasteiger partial charge in [0.15, 0.2) is 0 Å². The number of benzene rings is 1. The van der Waals surface area contributed by atoms with Gasteiger partial charge in [0.25, 0.3) is 0 Å². The van der Waals surface area contributed by atoms with Crippen molar-refractivity contribution < 1.29 is 4.48 Å². The molecule has 0 atom stereocenters. The van der Waals surface area contributed by atoms with Crippen molar-refractivity contribution in [2.24, 2.45) is 0 Å². The number of hydrogen-bond acceptors (Lipinski definition) is 0. The molecule has 88 valence electrons. The Morgan fingerprint density at radius 3 is 2.00 bits per heavy atom. The van der Waals surface area contributed by atoms with Crippen molar-refractivity contribution >= 4 is 6.08 Å². The zero-order valence-electron chi connectivity index (χ0n) is 11.2. The highest BCUT2D eigenvalue weighted by Crippen LogP contribution is 2.22. The van der Waals surface area contributed by atoms with Gasteiger partial charge >= 0.3 is 0 Å². The van der Waals surface area contributed by atoms with E-state index in [1.807, 2.05) is 6.08 Å². The lowest BCUT2D eigenvalue weighted by atomic mass is 10.0. The average Bonchev–Trinajstić information content (AvgIpc) is 2.16. The molecule has 0 amide bonds. The smallest absolute Gasteiger partial charge is 0.104 e. The van der Waals surface area contributed by atoms with Gasteiger partial charge in [-0.25, -0.2) is 0 Å². The summed E-state index contributed by atoms with van der Waals surface area (Å²) >= 11 is 0. The minimum Gasteiger partial charge on any atom is -0.321 e. The van der Waals surface area contributed by atoms with Crippen molar-refractivity contribution in [2.75, 3.05) is 14.1 Å². The number of quaternary nitrogens is 1. The van der Waals surface area contributed by atoms with Crippen LogP contribution in [0.3, 0.4) is 0 Å². The van der Waals surface area contributed by atoms with Crippen LogP contribution in [-0.4, -0.2) is 24.1 Å². The van der Waals surface area contributed by atoms with Gasteiger partial charge in [-0.05, 0) is 26.3 Å². The number of nitrogens with zero attached hydrogens (tertiary/aromatic N) is 1. The van der Waals surface area contributed by atoms with Crippen molar-refractivity contribution in [3.63, 3.8) is 0 Å². The third-order valence-electron chi connectivity index (χ3n) is 3.61. The van der Waals surface area contributed by atoms with Crippen LogP contribution in [0.15, 0.2) is 30.8 Å². The molecule has 0 saturated carbocycles. The standard InChI is InChI=1S/C15H24N/c1-7-13-8-10-14(11-9-13)12-16(5,6)15(2,3)4/h7-11H,1,12H2,2-6H3/q+1. The van der Waals surface area contributed by atoms with Gasteiger partial charge in [0.2, 0.25) is 0 Å². The Hall–Kier alpha value is -1.08. The highest BCUT2D eigenvalue weighted by Gasteiger charge is 2.31. The summed E-state index contributed by atoms with van der Waals surface area (Å²) < 4.78 is 0.987. The van der Waals surface area contributed by atoms with Gasteiger partial charge in [-0.15, -0.1) is 0 Å². The van der Waals surface area contributed by atoms with Crippen LogP contribution in [0.5, 0.6) is 0 Å². The largest absolute Gasteiger partial charge is 0.321 e. The summed E-state index contributed by atoms with van der Waals surface area (Å²) in [6, 6.07) is 8.65. The van der Waals surface area contributed by atoms with Crippen molar-refractivity contribution in [3.05, 3.63) is 42.0 Å². The Kier molecular flexibility index (Phi) is 3.59. The van der Waals surface area contributed by atoms with Gasteiger partial charge < -0.3 is 4.48 Å². The number of rotatable bonds is 3. The fraction of sp³-hybridized carbons (Fsp3) is 0.467. The van der Waals surface area contributed by atoms with Crippen LogP contribution in [0.2, 0.25) is 0 Å². The molecular weight excluding hydrogens is 194 g/mol. The molecule has 0 unspecified atom stereocenters. The molecule has 0 spiro atoms. The summed E-state index contributed by atoms with van der Waals surface area (Å²) in [6.45, 7) is 11.7. The molecule has 0 heterocycles. The van der Waals surface area contributed by atoms with Crippen molar-refractivity contribution in [1.29, 1.82) is 0 Å². The number of hydrogen-bond donors (Lipinski definition) is 0. The topological polar surface area (TPSA) is 0 Å². The zero-order chi connectivity index (χ0) is 12.4. The van der Waals surface area contributed by atoms with E-state index in [-0.39, 0.29) is 5.54 Å². The fourth-order valence-electron chi connectivity index (χ4n) is 1.45. The van der Waals surface area contributed by atoms with E-state index in [4.69, 9.17) is 0 Å². The first-order chi connectivity index (χ1) is 7.26. The molecule has 0 aromatic heterocycles. The average molecular weight is 218 g/mol. The maximum absolute atomic E-state index is 3.77. The Morgan fingerprint density at radius 2 is 1.62 bits per heavy atom. The van der Waals surface area contributed by atoms with Gasteiger partial charge in [-0.2, -0.15) is 0 Å². The molecule has 0 N–H and O–H groups in total. The van der Waals surface area contributed by atoms with E-state index in [9.17, 15) is 0 Å². The molecule has 1 heteroatoms. The lowest BCUT2D eigenvalue weighted by molar-refractivity contribution is -0.948. The third-order valence-corrected chi connectivity index (χ3v) is 3.61. The van der Waals surface area contributed by atoms with Crippen LogP contribution in [-0.2, 0) is 6.54 Å². The Bertz CT molecular complexity index is 352. The molecule has 1 rings (SSSR count). The summed E-state index contributed by atoms with van der Waals surface area (Å²) in [6.07, 6.45) is 1.88. The Labute approximate surface area is 100.0 Å². The molecule has 0 aliphatic carbocycles. The maximum Gasteiger partial charge on any atom is 0.104 e. The van der Waals surface area contributed by atoms with Crippen LogP contribution in [0, 0.1) is 0 Å². The summed E-state index contributed by atoms with van der Waals surface area (Å²) in [4.78, 5) is 0. The molecule has 1 aromatic carbocycles. The fourth-order valence-corrected chi connectivity index (χ4v) is 1.45. The Balaban J connectivity index is 2.84. The van der Waals surface area contributed by atoms with E-state index in [0.29, 0.717) is 0 Å². The third kappa shape index (κ3) is 2.96. The highest BCUT2D eigenvalue weighted by atomic mass is 15.4. The first-order valence-electron chi connectivity index (χ1n) is 5.81. The van der Waals surface area contributed by atoms with E-state index < -0.39 is 0 Å². The zero-order valence-corrected chi connectivity index (χ0v) is 11.2. The first-order valence-corrected chi connectivity index (χ1v) is 5.81. The quantitative estimate of drug-likeness (QED) is 0.679. The summed E-state index contributed by atoms with van der Waals surface area (Å²) in [7, 11) is 4.56. The van der Waals surface area contributed by atoms with Crippen molar-refractivity contribution in [1.82, 2.24) is 0 Å². The minimum absolute atomic E-state index is 0.261. The van der Waals surface area contributed by atoms with Gasteiger partial charge in [-0.1, -0.05) is 36.9 Å². The second kappa shape index (κ2) is 4.42. The maximum atomic E-state index is 3.77. The monoisotopic (exact) mass is 218 g/mol. The van der Waals surface area contributed by atoms with Gasteiger partial charge in [-0.3, -0.25) is 0 Å². The van der Waals surface area contributed by atoms with Gasteiger partial charge in [0, 0.05) is 5.56 Å². The van der Waals surface area contributed by atoms with Crippen LogP contribution in [0.4, 0.5) is 0 Å². The highest BCUT2D eigenvalue weighted by molar-refractivity contribution is 5.47. The SMILES string of the molecule is C=Cc1ccc(C[N+](C)(C)C(C)(C)C)cc1. The molecule has 0 fully saturated rings. The van der Waals surface area contributed by atoms with Crippen molar-refractivity contribution in [3.8, 4) is 0 Å². The molecule has 0 saturated heterocycles. The molecule has 16 heavy (non-hydrogen) atoms. The Morgan fingerprint density at radius 1 is 1.12 bits per heavy atom. The molecule has 1 aromatic rings. The van der Waals surface area contributed by atoms with Crippen LogP contribution < -0.4 is 0 Å². The normalized spacial score (nSPS) is 12.6. The first kappa shape index (κ1) is 13.0. The van der Waals surface area contributed by atoms with E-state index in [1.165, 1.54) is 11.1 Å². The van der Waals surface area contributed by atoms with E-state index in [0.717, 1.165) is 11.0 Å². The van der Waals surface area contributed by atoms with Crippen LogP contribution >= 0.6 is 0 Å².